The number of methoxy groups -OCH3 is 1. The summed E-state index contributed by atoms with van der Waals surface area (Å²) < 4.78 is 6.72. The molecule has 1 heterocycles. The molecule has 0 aliphatic carbocycles. The van der Waals surface area contributed by atoms with Crippen LogP contribution in [-0.2, 0) is 11.3 Å². The molecule has 6 nitrogen and oxygen atoms in total. The van der Waals surface area contributed by atoms with Crippen LogP contribution >= 0.6 is 0 Å². The zero-order chi connectivity index (χ0) is 18.7. The highest BCUT2D eigenvalue weighted by molar-refractivity contribution is 5.79. The van der Waals surface area contributed by atoms with E-state index in [4.69, 9.17) is 4.74 Å². The largest absolute Gasteiger partial charge is 0.496 e. The number of hydrogen-bond donors (Lipinski definition) is 0. The average molecular weight is 351 g/mol. The Bertz CT molecular complexity index is 997. The molecule has 2 aromatic carbocycles. The van der Waals surface area contributed by atoms with Gasteiger partial charge >= 0.3 is 0 Å². The molecule has 0 spiro atoms. The molecule has 0 fully saturated rings. The standard InChI is InChI=1S/C20H21N3O3/c1-14(15-8-5-7-11-18(15)26-3)22(2)19(24)12-23-13-21-17-10-6-4-9-16(17)20(23)25/h4-11,13-14H,12H2,1-3H3/t14-/m1/s1. The first kappa shape index (κ1) is 17.7. The SMILES string of the molecule is COc1ccccc1[C@@H](C)N(C)C(=O)Cn1cnc2ccccc2c1=O. The van der Waals surface area contributed by atoms with Gasteiger partial charge in [0.05, 0.1) is 30.4 Å². The lowest BCUT2D eigenvalue weighted by Gasteiger charge is -2.26. The fourth-order valence-electron chi connectivity index (χ4n) is 2.91. The lowest BCUT2D eigenvalue weighted by Crippen LogP contribution is -2.35. The lowest BCUT2D eigenvalue weighted by molar-refractivity contribution is -0.132. The molecule has 6 heteroatoms. The Balaban J connectivity index is 1.83. The maximum absolute atomic E-state index is 12.7. The van der Waals surface area contributed by atoms with Crippen LogP contribution in [-0.4, -0.2) is 34.5 Å². The van der Waals surface area contributed by atoms with E-state index < -0.39 is 0 Å². The first-order valence-electron chi connectivity index (χ1n) is 8.35. The normalized spacial score (nSPS) is 12.0. The molecule has 0 saturated heterocycles. The van der Waals surface area contributed by atoms with Crippen molar-refractivity contribution in [3.05, 3.63) is 70.8 Å². The van der Waals surface area contributed by atoms with Crippen molar-refractivity contribution in [2.75, 3.05) is 14.2 Å². The molecular formula is C20H21N3O3. The molecule has 1 amide bonds. The van der Waals surface area contributed by atoms with Crippen LogP contribution in [0.5, 0.6) is 5.75 Å². The predicted octanol–water partition coefficient (Wildman–Crippen LogP) is 2.62. The Morgan fingerprint density at radius 2 is 1.88 bits per heavy atom. The number of carbonyl (C=O) groups is 1. The number of rotatable bonds is 5. The van der Waals surface area contributed by atoms with Gasteiger partial charge in [-0.05, 0) is 25.1 Å². The number of para-hydroxylation sites is 2. The smallest absolute Gasteiger partial charge is 0.261 e. The quantitative estimate of drug-likeness (QED) is 0.709. The Labute approximate surface area is 151 Å². The summed E-state index contributed by atoms with van der Waals surface area (Å²) in [4.78, 5) is 31.1. The summed E-state index contributed by atoms with van der Waals surface area (Å²) in [5.74, 6) is 0.548. The predicted molar refractivity (Wildman–Crippen MR) is 100 cm³/mol. The van der Waals surface area contributed by atoms with Crippen molar-refractivity contribution < 1.29 is 9.53 Å². The highest BCUT2D eigenvalue weighted by Gasteiger charge is 2.21. The van der Waals surface area contributed by atoms with Crippen LogP contribution in [0.15, 0.2) is 59.7 Å². The third-order valence-corrected chi connectivity index (χ3v) is 4.60. The number of amides is 1. The van der Waals surface area contributed by atoms with Gasteiger partial charge in [-0.1, -0.05) is 30.3 Å². The number of fused-ring (bicyclic) bond motifs is 1. The van der Waals surface area contributed by atoms with Crippen molar-refractivity contribution in [2.45, 2.75) is 19.5 Å². The molecule has 134 valence electrons. The number of ether oxygens (including phenoxy) is 1. The summed E-state index contributed by atoms with van der Waals surface area (Å²) >= 11 is 0. The molecule has 3 rings (SSSR count). The van der Waals surface area contributed by atoms with Gasteiger partial charge in [0.25, 0.3) is 5.56 Å². The Morgan fingerprint density at radius 1 is 1.19 bits per heavy atom. The van der Waals surface area contributed by atoms with Crippen molar-refractivity contribution in [3.8, 4) is 5.75 Å². The monoisotopic (exact) mass is 351 g/mol. The fourth-order valence-corrected chi connectivity index (χ4v) is 2.91. The van der Waals surface area contributed by atoms with Gasteiger partial charge in [0.1, 0.15) is 12.3 Å². The van der Waals surface area contributed by atoms with Crippen LogP contribution in [0.25, 0.3) is 10.9 Å². The number of aromatic nitrogens is 2. The van der Waals surface area contributed by atoms with E-state index in [0.29, 0.717) is 10.9 Å². The van der Waals surface area contributed by atoms with Gasteiger partial charge in [-0.2, -0.15) is 0 Å². The van der Waals surface area contributed by atoms with Gasteiger partial charge < -0.3 is 9.64 Å². The Kier molecular flexibility index (Phi) is 5.02. The van der Waals surface area contributed by atoms with Gasteiger partial charge in [-0.3, -0.25) is 14.2 Å². The molecule has 0 N–H and O–H groups in total. The van der Waals surface area contributed by atoms with E-state index in [1.807, 2.05) is 37.3 Å². The second kappa shape index (κ2) is 7.39. The zero-order valence-electron chi connectivity index (χ0n) is 15.0. The van der Waals surface area contributed by atoms with E-state index in [-0.39, 0.29) is 24.1 Å². The van der Waals surface area contributed by atoms with E-state index >= 15 is 0 Å². The molecule has 3 aromatic rings. The lowest BCUT2D eigenvalue weighted by atomic mass is 10.1. The average Bonchev–Trinajstić information content (AvgIpc) is 2.69. The summed E-state index contributed by atoms with van der Waals surface area (Å²) in [5, 5.41) is 0.503. The summed E-state index contributed by atoms with van der Waals surface area (Å²) in [7, 11) is 3.33. The molecule has 0 radical (unpaired) electrons. The molecular weight excluding hydrogens is 330 g/mol. The number of hydrogen-bond acceptors (Lipinski definition) is 4. The fraction of sp³-hybridized carbons (Fsp3) is 0.250. The second-order valence-corrected chi connectivity index (χ2v) is 6.12. The maximum Gasteiger partial charge on any atom is 0.261 e. The molecule has 1 aromatic heterocycles. The molecule has 0 aliphatic heterocycles. The number of carbonyl (C=O) groups excluding carboxylic acids is 1. The van der Waals surface area contributed by atoms with E-state index in [1.54, 1.807) is 37.3 Å². The van der Waals surface area contributed by atoms with Gasteiger partial charge in [-0.25, -0.2) is 4.98 Å². The van der Waals surface area contributed by atoms with Crippen molar-refractivity contribution in [3.63, 3.8) is 0 Å². The van der Waals surface area contributed by atoms with Gasteiger partial charge in [0, 0.05) is 12.6 Å². The van der Waals surface area contributed by atoms with Crippen LogP contribution in [0.4, 0.5) is 0 Å². The van der Waals surface area contributed by atoms with E-state index in [1.165, 1.54) is 10.9 Å². The Hall–Kier alpha value is -3.15. The molecule has 0 unspecified atom stereocenters. The van der Waals surface area contributed by atoms with Crippen LogP contribution in [0.2, 0.25) is 0 Å². The number of likely N-dealkylation sites (N-methyl/N-ethyl adjacent to an activating group) is 1. The number of benzene rings is 2. The first-order chi connectivity index (χ1) is 12.5. The minimum Gasteiger partial charge on any atom is -0.496 e. The molecule has 0 aliphatic rings. The molecule has 0 bridgehead atoms. The minimum absolute atomic E-state index is 0.0628. The third kappa shape index (κ3) is 3.31. The highest BCUT2D eigenvalue weighted by atomic mass is 16.5. The molecule has 1 atom stereocenters. The zero-order valence-corrected chi connectivity index (χ0v) is 15.0. The number of nitrogens with zero attached hydrogens (tertiary/aromatic N) is 3. The first-order valence-corrected chi connectivity index (χ1v) is 8.35. The van der Waals surface area contributed by atoms with Gasteiger partial charge in [0.15, 0.2) is 0 Å². The van der Waals surface area contributed by atoms with Gasteiger partial charge in [-0.15, -0.1) is 0 Å². The molecule has 26 heavy (non-hydrogen) atoms. The van der Waals surface area contributed by atoms with Crippen LogP contribution in [0.3, 0.4) is 0 Å². The van der Waals surface area contributed by atoms with Gasteiger partial charge in [0.2, 0.25) is 5.91 Å². The van der Waals surface area contributed by atoms with Crippen molar-refractivity contribution in [1.29, 1.82) is 0 Å². The topological polar surface area (TPSA) is 64.4 Å². The van der Waals surface area contributed by atoms with Crippen molar-refractivity contribution >= 4 is 16.8 Å². The van der Waals surface area contributed by atoms with E-state index in [2.05, 4.69) is 4.98 Å². The minimum atomic E-state index is -0.220. The summed E-state index contributed by atoms with van der Waals surface area (Å²) in [6.45, 7) is 1.86. The van der Waals surface area contributed by atoms with Crippen molar-refractivity contribution in [1.82, 2.24) is 14.5 Å². The van der Waals surface area contributed by atoms with E-state index in [0.717, 1.165) is 11.3 Å². The van der Waals surface area contributed by atoms with Crippen LogP contribution < -0.4 is 10.3 Å². The van der Waals surface area contributed by atoms with Crippen molar-refractivity contribution in [2.24, 2.45) is 0 Å². The maximum atomic E-state index is 12.7. The second-order valence-electron chi connectivity index (χ2n) is 6.12. The highest BCUT2D eigenvalue weighted by Crippen LogP contribution is 2.28. The molecule has 0 saturated carbocycles. The summed E-state index contributed by atoms with van der Waals surface area (Å²) in [6.07, 6.45) is 1.42. The third-order valence-electron chi connectivity index (χ3n) is 4.60. The van der Waals surface area contributed by atoms with E-state index in [9.17, 15) is 9.59 Å². The summed E-state index contributed by atoms with van der Waals surface area (Å²) in [5.41, 5.74) is 1.31. The van der Waals surface area contributed by atoms with Crippen LogP contribution in [0, 0.1) is 0 Å². The van der Waals surface area contributed by atoms with Crippen LogP contribution in [0.1, 0.15) is 18.5 Å². The summed E-state index contributed by atoms with van der Waals surface area (Å²) in [6, 6.07) is 14.5. The Morgan fingerprint density at radius 3 is 2.65 bits per heavy atom.